The van der Waals surface area contributed by atoms with Crippen LogP contribution in [0.25, 0.3) is 0 Å². The van der Waals surface area contributed by atoms with Crippen LogP contribution in [0, 0.1) is 5.41 Å². The van der Waals surface area contributed by atoms with Gasteiger partial charge in [0.25, 0.3) is 0 Å². The van der Waals surface area contributed by atoms with E-state index in [1.54, 1.807) is 7.05 Å². The van der Waals surface area contributed by atoms with E-state index in [1.807, 2.05) is 0 Å². The SMILES string of the molecule is CNC(=O)N[C@H](CN1CCc2ccccc2C1)C(C)(C)C. The van der Waals surface area contributed by atoms with Gasteiger partial charge in [-0.15, -0.1) is 0 Å². The van der Waals surface area contributed by atoms with Gasteiger partial charge in [-0.25, -0.2) is 4.79 Å². The molecular formula is C17H27N3O. The Bertz CT molecular complexity index is 493. The van der Waals surface area contributed by atoms with Crippen molar-refractivity contribution in [1.82, 2.24) is 15.5 Å². The van der Waals surface area contributed by atoms with Crippen LogP contribution in [0.15, 0.2) is 24.3 Å². The fourth-order valence-electron chi connectivity index (χ4n) is 2.73. The summed E-state index contributed by atoms with van der Waals surface area (Å²) in [7, 11) is 1.66. The Labute approximate surface area is 127 Å². The molecular weight excluding hydrogens is 262 g/mol. The third-order valence-corrected chi connectivity index (χ3v) is 4.23. The van der Waals surface area contributed by atoms with Crippen LogP contribution in [0.2, 0.25) is 0 Å². The maximum absolute atomic E-state index is 11.7. The van der Waals surface area contributed by atoms with Gasteiger partial charge in [-0.1, -0.05) is 45.0 Å². The van der Waals surface area contributed by atoms with Crippen LogP contribution >= 0.6 is 0 Å². The first-order valence-electron chi connectivity index (χ1n) is 7.67. The van der Waals surface area contributed by atoms with Crippen molar-refractivity contribution in [1.29, 1.82) is 0 Å². The van der Waals surface area contributed by atoms with Crippen LogP contribution in [0.3, 0.4) is 0 Å². The fraction of sp³-hybridized carbons (Fsp3) is 0.588. The summed E-state index contributed by atoms with van der Waals surface area (Å²) in [5.74, 6) is 0. The van der Waals surface area contributed by atoms with Gasteiger partial charge in [0, 0.05) is 32.7 Å². The molecule has 2 amide bonds. The van der Waals surface area contributed by atoms with E-state index in [0.29, 0.717) is 0 Å². The molecule has 4 heteroatoms. The van der Waals surface area contributed by atoms with Crippen molar-refractivity contribution in [3.05, 3.63) is 35.4 Å². The molecule has 21 heavy (non-hydrogen) atoms. The van der Waals surface area contributed by atoms with Gasteiger partial charge >= 0.3 is 6.03 Å². The molecule has 2 N–H and O–H groups in total. The minimum Gasteiger partial charge on any atom is -0.341 e. The molecule has 0 bridgehead atoms. The van der Waals surface area contributed by atoms with Gasteiger partial charge in [0.2, 0.25) is 0 Å². The van der Waals surface area contributed by atoms with Crippen LogP contribution < -0.4 is 10.6 Å². The zero-order valence-corrected chi connectivity index (χ0v) is 13.6. The molecule has 0 spiro atoms. The van der Waals surface area contributed by atoms with Crippen molar-refractivity contribution in [2.75, 3.05) is 20.1 Å². The molecule has 1 aliphatic heterocycles. The third kappa shape index (κ3) is 4.21. The molecule has 0 aromatic heterocycles. The standard InChI is InChI=1S/C17H27N3O/c1-17(2,3)15(19-16(21)18-4)12-20-10-9-13-7-5-6-8-14(13)11-20/h5-8,15H,9-12H2,1-4H3,(H2,18,19,21)/t15-/m1/s1. The molecule has 0 radical (unpaired) electrons. The second kappa shape index (κ2) is 6.48. The van der Waals surface area contributed by atoms with E-state index >= 15 is 0 Å². The summed E-state index contributed by atoms with van der Waals surface area (Å²) >= 11 is 0. The topological polar surface area (TPSA) is 44.4 Å². The molecule has 0 saturated heterocycles. The van der Waals surface area contributed by atoms with Gasteiger partial charge in [-0.2, -0.15) is 0 Å². The molecule has 4 nitrogen and oxygen atoms in total. The highest BCUT2D eigenvalue weighted by Crippen LogP contribution is 2.23. The van der Waals surface area contributed by atoms with Crippen molar-refractivity contribution < 1.29 is 4.79 Å². The maximum atomic E-state index is 11.7. The van der Waals surface area contributed by atoms with E-state index in [-0.39, 0.29) is 17.5 Å². The average Bonchev–Trinajstić information content (AvgIpc) is 2.45. The Balaban J connectivity index is 2.03. The number of fused-ring (bicyclic) bond motifs is 1. The molecule has 0 saturated carbocycles. The largest absolute Gasteiger partial charge is 0.341 e. The molecule has 1 heterocycles. The minimum absolute atomic E-state index is 0.0312. The first kappa shape index (κ1) is 15.8. The summed E-state index contributed by atoms with van der Waals surface area (Å²) in [6, 6.07) is 8.66. The molecule has 116 valence electrons. The number of rotatable bonds is 3. The normalized spacial score (nSPS) is 17.0. The number of nitrogens with zero attached hydrogens (tertiary/aromatic N) is 1. The molecule has 1 aliphatic rings. The maximum Gasteiger partial charge on any atom is 0.314 e. The van der Waals surface area contributed by atoms with Gasteiger partial charge < -0.3 is 10.6 Å². The Morgan fingerprint density at radius 2 is 1.95 bits per heavy atom. The van der Waals surface area contributed by atoms with E-state index in [4.69, 9.17) is 0 Å². The molecule has 1 aromatic carbocycles. The number of benzene rings is 1. The zero-order chi connectivity index (χ0) is 15.5. The molecule has 1 atom stereocenters. The lowest BCUT2D eigenvalue weighted by Gasteiger charge is -2.37. The molecule has 0 fully saturated rings. The van der Waals surface area contributed by atoms with Crippen LogP contribution in [0.5, 0.6) is 0 Å². The lowest BCUT2D eigenvalue weighted by atomic mass is 9.86. The molecule has 0 aliphatic carbocycles. The number of carbonyl (C=O) groups is 1. The quantitative estimate of drug-likeness (QED) is 0.897. The number of carbonyl (C=O) groups excluding carboxylic acids is 1. The fourth-order valence-corrected chi connectivity index (χ4v) is 2.73. The van der Waals surface area contributed by atoms with Crippen LogP contribution in [0.1, 0.15) is 31.9 Å². The number of amides is 2. The lowest BCUT2D eigenvalue weighted by Crippen LogP contribution is -2.53. The van der Waals surface area contributed by atoms with Gasteiger partial charge in [-0.05, 0) is 23.0 Å². The van der Waals surface area contributed by atoms with Crippen molar-refractivity contribution in [3.8, 4) is 0 Å². The van der Waals surface area contributed by atoms with Crippen LogP contribution in [-0.2, 0) is 13.0 Å². The van der Waals surface area contributed by atoms with E-state index in [0.717, 1.165) is 26.1 Å². The summed E-state index contributed by atoms with van der Waals surface area (Å²) < 4.78 is 0. The van der Waals surface area contributed by atoms with E-state index in [2.05, 4.69) is 60.6 Å². The second-order valence-electron chi connectivity index (χ2n) is 6.90. The third-order valence-electron chi connectivity index (χ3n) is 4.23. The average molecular weight is 289 g/mol. The summed E-state index contributed by atoms with van der Waals surface area (Å²) in [4.78, 5) is 14.1. The highest BCUT2D eigenvalue weighted by molar-refractivity contribution is 5.73. The van der Waals surface area contributed by atoms with Gasteiger partial charge in [0.05, 0.1) is 0 Å². The molecule has 2 rings (SSSR count). The minimum atomic E-state index is -0.104. The summed E-state index contributed by atoms with van der Waals surface area (Å²) in [6.45, 7) is 9.42. The van der Waals surface area contributed by atoms with Crippen LogP contribution in [-0.4, -0.2) is 37.1 Å². The predicted molar refractivity (Wildman–Crippen MR) is 86.3 cm³/mol. The number of hydrogen-bond donors (Lipinski definition) is 2. The number of urea groups is 1. The summed E-state index contributed by atoms with van der Waals surface area (Å²) in [6.07, 6.45) is 1.09. The van der Waals surface area contributed by atoms with Gasteiger partial charge in [-0.3, -0.25) is 4.90 Å². The summed E-state index contributed by atoms with van der Waals surface area (Å²) in [5, 5.41) is 5.74. The highest BCUT2D eigenvalue weighted by atomic mass is 16.2. The van der Waals surface area contributed by atoms with Gasteiger partial charge in [0.15, 0.2) is 0 Å². The second-order valence-corrected chi connectivity index (χ2v) is 6.90. The molecule has 1 aromatic rings. The Morgan fingerprint density at radius 1 is 1.29 bits per heavy atom. The Hall–Kier alpha value is -1.55. The Morgan fingerprint density at radius 3 is 2.57 bits per heavy atom. The van der Waals surface area contributed by atoms with Gasteiger partial charge in [0.1, 0.15) is 0 Å². The smallest absolute Gasteiger partial charge is 0.314 e. The van der Waals surface area contributed by atoms with E-state index in [1.165, 1.54) is 11.1 Å². The van der Waals surface area contributed by atoms with Crippen molar-refractivity contribution in [3.63, 3.8) is 0 Å². The zero-order valence-electron chi connectivity index (χ0n) is 13.6. The Kier molecular flexibility index (Phi) is 4.88. The molecule has 0 unspecified atom stereocenters. The first-order valence-corrected chi connectivity index (χ1v) is 7.67. The van der Waals surface area contributed by atoms with Crippen molar-refractivity contribution in [2.24, 2.45) is 5.41 Å². The highest BCUT2D eigenvalue weighted by Gasteiger charge is 2.29. The summed E-state index contributed by atoms with van der Waals surface area (Å²) in [5.41, 5.74) is 2.90. The first-order chi connectivity index (χ1) is 9.90. The van der Waals surface area contributed by atoms with E-state index in [9.17, 15) is 4.79 Å². The number of hydrogen-bond acceptors (Lipinski definition) is 2. The van der Waals surface area contributed by atoms with Crippen molar-refractivity contribution in [2.45, 2.75) is 39.8 Å². The van der Waals surface area contributed by atoms with Crippen LogP contribution in [0.4, 0.5) is 4.79 Å². The predicted octanol–water partition coefficient (Wildman–Crippen LogP) is 2.39. The monoisotopic (exact) mass is 289 g/mol. The van der Waals surface area contributed by atoms with Crippen molar-refractivity contribution >= 4 is 6.03 Å². The van der Waals surface area contributed by atoms with E-state index < -0.39 is 0 Å². The number of nitrogens with one attached hydrogen (secondary N) is 2. The lowest BCUT2D eigenvalue weighted by molar-refractivity contribution is 0.162.